The van der Waals surface area contributed by atoms with Crippen LogP contribution in [0.2, 0.25) is 0 Å². The third-order valence-corrected chi connectivity index (χ3v) is 2.06. The molecule has 0 aromatic carbocycles. The first-order valence-electron chi connectivity index (χ1n) is 6.08. The maximum atomic E-state index is 11.3. The number of rotatable bonds is 6. The van der Waals surface area contributed by atoms with Crippen molar-refractivity contribution in [3.8, 4) is 6.07 Å². The standard InChI is InChI=1S/C12H21N3O4/c1-12(2,3)19-11(18)14-8-4-5-9(6-7-13)15-10(16)17/h9,15H,4-6,8H2,1-3H3,(H,14,18)(H,16,17)/t9-/m0/s1. The monoisotopic (exact) mass is 271 g/mol. The number of ether oxygens (including phenoxy) is 1. The summed E-state index contributed by atoms with van der Waals surface area (Å²) in [6.07, 6.45) is -0.504. The number of hydrogen-bond donors (Lipinski definition) is 3. The number of carbonyl (C=O) groups is 2. The fraction of sp³-hybridized carbons (Fsp3) is 0.750. The van der Waals surface area contributed by atoms with Crippen LogP contribution in [0, 0.1) is 11.3 Å². The smallest absolute Gasteiger partial charge is 0.407 e. The van der Waals surface area contributed by atoms with E-state index in [4.69, 9.17) is 15.1 Å². The number of nitrogens with zero attached hydrogens (tertiary/aromatic N) is 1. The van der Waals surface area contributed by atoms with Gasteiger partial charge in [0.2, 0.25) is 0 Å². The molecule has 0 saturated carbocycles. The van der Waals surface area contributed by atoms with Crippen molar-refractivity contribution in [2.45, 2.75) is 51.7 Å². The van der Waals surface area contributed by atoms with E-state index in [0.29, 0.717) is 19.4 Å². The van der Waals surface area contributed by atoms with E-state index in [9.17, 15) is 9.59 Å². The van der Waals surface area contributed by atoms with Gasteiger partial charge in [0, 0.05) is 12.6 Å². The summed E-state index contributed by atoms with van der Waals surface area (Å²) in [4.78, 5) is 21.8. The van der Waals surface area contributed by atoms with Crippen molar-refractivity contribution in [1.29, 1.82) is 5.26 Å². The van der Waals surface area contributed by atoms with Crippen molar-refractivity contribution >= 4 is 12.2 Å². The Balaban J connectivity index is 3.85. The van der Waals surface area contributed by atoms with E-state index in [1.54, 1.807) is 20.8 Å². The molecule has 3 N–H and O–H groups in total. The van der Waals surface area contributed by atoms with Crippen molar-refractivity contribution in [1.82, 2.24) is 10.6 Å². The molecule has 0 unspecified atom stereocenters. The second-order valence-corrected chi connectivity index (χ2v) is 5.08. The molecule has 108 valence electrons. The molecule has 0 aliphatic carbocycles. The Labute approximate surface area is 112 Å². The van der Waals surface area contributed by atoms with E-state index < -0.39 is 23.8 Å². The van der Waals surface area contributed by atoms with Crippen LogP contribution in [0.25, 0.3) is 0 Å². The second kappa shape index (κ2) is 8.19. The fourth-order valence-corrected chi connectivity index (χ4v) is 1.36. The van der Waals surface area contributed by atoms with Gasteiger partial charge in [0.05, 0.1) is 12.5 Å². The first-order valence-corrected chi connectivity index (χ1v) is 6.08. The lowest BCUT2D eigenvalue weighted by Gasteiger charge is -2.20. The van der Waals surface area contributed by atoms with Crippen molar-refractivity contribution in [3.05, 3.63) is 0 Å². The highest BCUT2D eigenvalue weighted by atomic mass is 16.6. The van der Waals surface area contributed by atoms with E-state index in [2.05, 4.69) is 10.6 Å². The van der Waals surface area contributed by atoms with Crippen molar-refractivity contribution < 1.29 is 19.4 Å². The minimum atomic E-state index is -1.15. The van der Waals surface area contributed by atoms with Crippen LogP contribution in [0.15, 0.2) is 0 Å². The lowest BCUT2D eigenvalue weighted by molar-refractivity contribution is 0.0526. The van der Waals surface area contributed by atoms with Crippen LogP contribution < -0.4 is 10.6 Å². The number of amides is 2. The Kier molecular flexibility index (Phi) is 7.34. The molecule has 19 heavy (non-hydrogen) atoms. The van der Waals surface area contributed by atoms with Gasteiger partial charge < -0.3 is 20.5 Å². The molecule has 1 atom stereocenters. The average molecular weight is 271 g/mol. The molecular formula is C12H21N3O4. The van der Waals surface area contributed by atoms with Gasteiger partial charge in [0.25, 0.3) is 0 Å². The number of nitriles is 1. The van der Waals surface area contributed by atoms with Crippen molar-refractivity contribution in [2.75, 3.05) is 6.54 Å². The summed E-state index contributed by atoms with van der Waals surface area (Å²) in [6, 6.07) is 1.50. The second-order valence-electron chi connectivity index (χ2n) is 5.08. The molecule has 0 rings (SSSR count). The largest absolute Gasteiger partial charge is 0.465 e. The topological polar surface area (TPSA) is 111 Å². The van der Waals surface area contributed by atoms with Crippen LogP contribution in [0.5, 0.6) is 0 Å². The molecular weight excluding hydrogens is 250 g/mol. The SMILES string of the molecule is CC(C)(C)OC(=O)NCCC[C@@H](CC#N)NC(=O)O. The molecule has 0 saturated heterocycles. The van der Waals surface area contributed by atoms with Crippen LogP contribution in [-0.2, 0) is 4.74 Å². The molecule has 0 aliphatic rings. The van der Waals surface area contributed by atoms with Crippen LogP contribution in [-0.4, -0.2) is 35.5 Å². The van der Waals surface area contributed by atoms with Gasteiger partial charge in [0.15, 0.2) is 0 Å². The lowest BCUT2D eigenvalue weighted by Crippen LogP contribution is -2.35. The van der Waals surface area contributed by atoms with Gasteiger partial charge in [0.1, 0.15) is 5.60 Å². The van der Waals surface area contributed by atoms with Gasteiger partial charge >= 0.3 is 12.2 Å². The van der Waals surface area contributed by atoms with Crippen molar-refractivity contribution in [2.24, 2.45) is 0 Å². The maximum absolute atomic E-state index is 11.3. The lowest BCUT2D eigenvalue weighted by atomic mass is 10.1. The van der Waals surface area contributed by atoms with Gasteiger partial charge in [-0.15, -0.1) is 0 Å². The minimum absolute atomic E-state index is 0.110. The van der Waals surface area contributed by atoms with Gasteiger partial charge in [-0.25, -0.2) is 9.59 Å². The van der Waals surface area contributed by atoms with Crippen LogP contribution in [0.3, 0.4) is 0 Å². The number of alkyl carbamates (subject to hydrolysis) is 1. The molecule has 0 heterocycles. The quantitative estimate of drug-likeness (QED) is 0.638. The van der Waals surface area contributed by atoms with Gasteiger partial charge in [-0.3, -0.25) is 0 Å². The normalized spacial score (nSPS) is 12.1. The van der Waals surface area contributed by atoms with Crippen LogP contribution >= 0.6 is 0 Å². The molecule has 2 amide bonds. The molecule has 0 aliphatic heterocycles. The number of nitrogens with one attached hydrogen (secondary N) is 2. The zero-order valence-corrected chi connectivity index (χ0v) is 11.5. The van der Waals surface area contributed by atoms with E-state index in [1.165, 1.54) is 0 Å². The van der Waals surface area contributed by atoms with E-state index >= 15 is 0 Å². The molecule has 0 radical (unpaired) electrons. The number of carboxylic acid groups (broad SMARTS) is 1. The van der Waals surface area contributed by atoms with E-state index in [-0.39, 0.29) is 6.42 Å². The highest BCUT2D eigenvalue weighted by Crippen LogP contribution is 2.06. The third kappa shape index (κ3) is 10.9. The first kappa shape index (κ1) is 17.0. The Morgan fingerprint density at radius 2 is 2.05 bits per heavy atom. The summed E-state index contributed by atoms with van der Waals surface area (Å²) in [5.74, 6) is 0. The minimum Gasteiger partial charge on any atom is -0.465 e. The Bertz CT molecular complexity index is 344. The summed E-state index contributed by atoms with van der Waals surface area (Å²) < 4.78 is 5.04. The zero-order chi connectivity index (χ0) is 14.9. The first-order chi connectivity index (χ1) is 8.74. The fourth-order valence-electron chi connectivity index (χ4n) is 1.36. The molecule has 0 bridgehead atoms. The summed E-state index contributed by atoms with van der Waals surface area (Å²) in [5.41, 5.74) is -0.543. The molecule has 0 aromatic heterocycles. The molecule has 7 nitrogen and oxygen atoms in total. The molecule has 0 fully saturated rings. The number of carbonyl (C=O) groups excluding carboxylic acids is 1. The van der Waals surface area contributed by atoms with Gasteiger partial charge in [-0.1, -0.05) is 0 Å². The maximum Gasteiger partial charge on any atom is 0.407 e. The summed E-state index contributed by atoms with van der Waals surface area (Å²) in [5, 5.41) is 21.9. The average Bonchev–Trinajstić information content (AvgIpc) is 2.21. The highest BCUT2D eigenvalue weighted by molar-refractivity contribution is 5.67. The van der Waals surface area contributed by atoms with Crippen LogP contribution in [0.4, 0.5) is 9.59 Å². The Hall–Kier alpha value is -1.97. The van der Waals surface area contributed by atoms with Gasteiger partial charge in [-0.05, 0) is 33.6 Å². The Morgan fingerprint density at radius 1 is 1.42 bits per heavy atom. The predicted molar refractivity (Wildman–Crippen MR) is 68.6 cm³/mol. The molecule has 7 heteroatoms. The zero-order valence-electron chi connectivity index (χ0n) is 11.5. The van der Waals surface area contributed by atoms with Crippen LogP contribution in [0.1, 0.15) is 40.0 Å². The highest BCUT2D eigenvalue weighted by Gasteiger charge is 2.16. The predicted octanol–water partition coefficient (Wildman–Crippen LogP) is 1.84. The summed E-state index contributed by atoms with van der Waals surface area (Å²) >= 11 is 0. The molecule has 0 spiro atoms. The number of hydrogen-bond acceptors (Lipinski definition) is 4. The molecule has 0 aromatic rings. The van der Waals surface area contributed by atoms with E-state index in [0.717, 1.165) is 0 Å². The van der Waals surface area contributed by atoms with Gasteiger partial charge in [-0.2, -0.15) is 5.26 Å². The summed E-state index contributed by atoms with van der Waals surface area (Å²) in [7, 11) is 0. The third-order valence-electron chi connectivity index (χ3n) is 2.06. The van der Waals surface area contributed by atoms with Crippen molar-refractivity contribution in [3.63, 3.8) is 0 Å². The van der Waals surface area contributed by atoms with E-state index in [1.807, 2.05) is 6.07 Å². The summed E-state index contributed by atoms with van der Waals surface area (Å²) in [6.45, 7) is 5.68. The Morgan fingerprint density at radius 3 is 2.53 bits per heavy atom.